The third-order valence-electron chi connectivity index (χ3n) is 3.96. The first-order valence-electron chi connectivity index (χ1n) is 8.80. The topological polar surface area (TPSA) is 82.6 Å². The number of nitrogens with one attached hydrogen (secondary N) is 1. The van der Waals surface area contributed by atoms with Gasteiger partial charge in [-0.15, -0.1) is 0 Å². The Balaban J connectivity index is 1.45. The van der Waals surface area contributed by atoms with Crippen molar-refractivity contribution in [3.05, 3.63) is 47.8 Å². The number of amides is 1. The maximum absolute atomic E-state index is 12.3. The number of rotatable bonds is 9. The van der Waals surface area contributed by atoms with Crippen LogP contribution in [0, 0.1) is 0 Å². The first-order chi connectivity index (χ1) is 13.2. The lowest BCUT2D eigenvalue weighted by atomic mass is 10.2. The van der Waals surface area contributed by atoms with Gasteiger partial charge in [0, 0.05) is 43.9 Å². The highest BCUT2D eigenvalue weighted by molar-refractivity contribution is 7.99. The number of carbonyl (C=O) groups is 1. The Labute approximate surface area is 162 Å². The molecule has 1 aliphatic heterocycles. The van der Waals surface area contributed by atoms with Crippen LogP contribution in [0.3, 0.4) is 0 Å². The number of aromatic nitrogens is 2. The third kappa shape index (κ3) is 6.11. The highest BCUT2D eigenvalue weighted by Gasteiger charge is 2.17. The number of nitrogens with zero attached hydrogens (tertiary/aromatic N) is 2. The molecule has 3 rings (SSSR count). The molecular weight excluding hydrogens is 366 g/mol. The average molecular weight is 389 g/mol. The molecule has 0 spiro atoms. The van der Waals surface area contributed by atoms with E-state index in [4.69, 9.17) is 14.2 Å². The molecule has 144 valence electrons. The molecule has 2 aromatic rings. The number of pyridine rings is 2. The van der Waals surface area contributed by atoms with E-state index in [0.29, 0.717) is 37.1 Å². The molecule has 1 unspecified atom stereocenters. The quantitative estimate of drug-likeness (QED) is 0.659. The molecule has 7 nitrogen and oxygen atoms in total. The molecule has 8 heteroatoms. The van der Waals surface area contributed by atoms with Crippen molar-refractivity contribution in [2.24, 2.45) is 0 Å². The van der Waals surface area contributed by atoms with Crippen molar-refractivity contribution in [2.45, 2.75) is 19.1 Å². The Morgan fingerprint density at radius 2 is 2.04 bits per heavy atom. The molecule has 1 saturated heterocycles. The molecule has 0 aromatic carbocycles. The van der Waals surface area contributed by atoms with Crippen molar-refractivity contribution in [2.75, 3.05) is 31.8 Å². The van der Waals surface area contributed by atoms with Gasteiger partial charge in [-0.25, -0.2) is 9.97 Å². The molecule has 27 heavy (non-hydrogen) atoms. The van der Waals surface area contributed by atoms with Crippen molar-refractivity contribution in [3.8, 4) is 11.8 Å². The molecule has 0 bridgehead atoms. The summed E-state index contributed by atoms with van der Waals surface area (Å²) in [6.07, 6.45) is 4.48. The predicted octanol–water partition coefficient (Wildman–Crippen LogP) is 2.32. The van der Waals surface area contributed by atoms with Gasteiger partial charge in [0.05, 0.1) is 12.2 Å². The maximum Gasteiger partial charge on any atom is 0.253 e. The van der Waals surface area contributed by atoms with Crippen LogP contribution in [0.15, 0.2) is 36.7 Å². The minimum atomic E-state index is -0.189. The molecular formula is C19H23N3O4S. The summed E-state index contributed by atoms with van der Waals surface area (Å²) in [4.78, 5) is 20.7. The van der Waals surface area contributed by atoms with Gasteiger partial charge < -0.3 is 19.5 Å². The summed E-state index contributed by atoms with van der Waals surface area (Å²) >= 11 is 1.88. The van der Waals surface area contributed by atoms with Gasteiger partial charge in [-0.1, -0.05) is 6.07 Å². The zero-order valence-electron chi connectivity index (χ0n) is 15.2. The second kappa shape index (κ2) is 10.1. The molecule has 0 saturated carbocycles. The predicted molar refractivity (Wildman–Crippen MR) is 103 cm³/mol. The second-order valence-electron chi connectivity index (χ2n) is 6.02. The lowest BCUT2D eigenvalue weighted by Gasteiger charge is -2.11. The van der Waals surface area contributed by atoms with Crippen LogP contribution in [0.4, 0.5) is 0 Å². The summed E-state index contributed by atoms with van der Waals surface area (Å²) in [5.41, 5.74) is 1.38. The van der Waals surface area contributed by atoms with E-state index in [1.165, 1.54) is 6.20 Å². The Morgan fingerprint density at radius 1 is 1.19 bits per heavy atom. The minimum absolute atomic E-state index is 0.189. The van der Waals surface area contributed by atoms with E-state index in [-0.39, 0.29) is 12.0 Å². The van der Waals surface area contributed by atoms with E-state index < -0.39 is 0 Å². The maximum atomic E-state index is 12.3. The number of thioether (sulfide) groups is 1. The smallest absolute Gasteiger partial charge is 0.253 e. The van der Waals surface area contributed by atoms with Crippen LogP contribution in [-0.4, -0.2) is 53.8 Å². The first kappa shape index (κ1) is 19.4. The third-order valence-corrected chi connectivity index (χ3v) is 5.09. The van der Waals surface area contributed by atoms with Gasteiger partial charge in [-0.3, -0.25) is 4.79 Å². The summed E-state index contributed by atoms with van der Waals surface area (Å²) in [5.74, 6) is 3.02. The van der Waals surface area contributed by atoms with Crippen molar-refractivity contribution in [1.82, 2.24) is 15.3 Å². The van der Waals surface area contributed by atoms with Crippen LogP contribution in [0.1, 0.15) is 22.3 Å². The second-order valence-corrected chi connectivity index (χ2v) is 7.17. The first-order valence-corrected chi connectivity index (χ1v) is 9.95. The fourth-order valence-corrected chi connectivity index (χ4v) is 3.57. The monoisotopic (exact) mass is 389 g/mol. The fraction of sp³-hybridized carbons (Fsp3) is 0.421. The lowest BCUT2D eigenvalue weighted by Crippen LogP contribution is -2.23. The zero-order chi connectivity index (χ0) is 18.9. The van der Waals surface area contributed by atoms with E-state index in [9.17, 15) is 4.79 Å². The summed E-state index contributed by atoms with van der Waals surface area (Å²) in [6, 6.07) is 7.10. The van der Waals surface area contributed by atoms with E-state index in [1.807, 2.05) is 17.8 Å². The molecule has 0 aliphatic carbocycles. The molecule has 0 radical (unpaired) electrons. The number of hydrogen-bond acceptors (Lipinski definition) is 7. The molecule has 3 heterocycles. The zero-order valence-corrected chi connectivity index (χ0v) is 16.0. The van der Waals surface area contributed by atoms with E-state index in [2.05, 4.69) is 15.3 Å². The summed E-state index contributed by atoms with van der Waals surface area (Å²) in [5, 5.41) is 2.86. The molecule has 1 fully saturated rings. The van der Waals surface area contributed by atoms with Gasteiger partial charge in [0.15, 0.2) is 0 Å². The largest absolute Gasteiger partial charge is 0.475 e. The Kier molecular flexibility index (Phi) is 7.29. The van der Waals surface area contributed by atoms with Gasteiger partial charge in [0.1, 0.15) is 12.7 Å². The van der Waals surface area contributed by atoms with Gasteiger partial charge >= 0.3 is 0 Å². The molecule has 1 N–H and O–H groups in total. The van der Waals surface area contributed by atoms with Gasteiger partial charge in [-0.05, 0) is 23.8 Å². The molecule has 1 aliphatic rings. The van der Waals surface area contributed by atoms with Crippen LogP contribution >= 0.6 is 11.8 Å². The standard InChI is InChI=1S/C19H23N3O4S/c1-24-7-8-25-17-4-2-14(10-20-17)11-22-19(23)15-3-5-18(21-12-15)26-16-6-9-27-13-16/h2-5,10,12,16H,6-9,11,13H2,1H3,(H,22,23). The number of hydrogen-bond donors (Lipinski definition) is 1. The summed E-state index contributed by atoms with van der Waals surface area (Å²) < 4.78 is 16.1. The van der Waals surface area contributed by atoms with Crippen LogP contribution < -0.4 is 14.8 Å². The Bertz CT molecular complexity index is 719. The lowest BCUT2D eigenvalue weighted by molar-refractivity contribution is 0.0950. The fourth-order valence-electron chi connectivity index (χ4n) is 2.48. The van der Waals surface area contributed by atoms with Gasteiger partial charge in [0.2, 0.25) is 11.8 Å². The van der Waals surface area contributed by atoms with E-state index >= 15 is 0 Å². The average Bonchev–Trinajstić information content (AvgIpc) is 3.21. The van der Waals surface area contributed by atoms with Crippen molar-refractivity contribution >= 4 is 17.7 Å². The van der Waals surface area contributed by atoms with Gasteiger partial charge in [-0.2, -0.15) is 11.8 Å². The van der Waals surface area contributed by atoms with Crippen molar-refractivity contribution in [3.63, 3.8) is 0 Å². The number of methoxy groups -OCH3 is 1. The SMILES string of the molecule is COCCOc1ccc(CNC(=O)c2ccc(OC3CCSC3)nc2)cn1. The summed E-state index contributed by atoms with van der Waals surface area (Å²) in [7, 11) is 1.62. The Hall–Kier alpha value is -2.32. The van der Waals surface area contributed by atoms with Crippen molar-refractivity contribution in [1.29, 1.82) is 0 Å². The van der Waals surface area contributed by atoms with Crippen LogP contribution in [-0.2, 0) is 11.3 Å². The van der Waals surface area contributed by atoms with Crippen LogP contribution in [0.2, 0.25) is 0 Å². The van der Waals surface area contributed by atoms with Crippen LogP contribution in [0.5, 0.6) is 11.8 Å². The number of carbonyl (C=O) groups excluding carboxylic acids is 1. The Morgan fingerprint density at radius 3 is 2.70 bits per heavy atom. The van der Waals surface area contributed by atoms with Gasteiger partial charge in [0.25, 0.3) is 5.91 Å². The molecule has 2 aromatic heterocycles. The highest BCUT2D eigenvalue weighted by Crippen LogP contribution is 2.22. The van der Waals surface area contributed by atoms with Crippen molar-refractivity contribution < 1.29 is 19.0 Å². The number of ether oxygens (including phenoxy) is 3. The summed E-state index contributed by atoms with van der Waals surface area (Å²) in [6.45, 7) is 1.34. The van der Waals surface area contributed by atoms with Crippen LogP contribution in [0.25, 0.3) is 0 Å². The molecule has 1 amide bonds. The van der Waals surface area contributed by atoms with E-state index in [1.54, 1.807) is 31.5 Å². The minimum Gasteiger partial charge on any atom is -0.475 e. The van der Waals surface area contributed by atoms with E-state index in [0.717, 1.165) is 23.5 Å². The molecule has 1 atom stereocenters. The normalized spacial score (nSPS) is 16.1. The highest BCUT2D eigenvalue weighted by atomic mass is 32.2.